The van der Waals surface area contributed by atoms with Crippen molar-refractivity contribution in [3.63, 3.8) is 0 Å². The molecule has 1 saturated heterocycles. The summed E-state index contributed by atoms with van der Waals surface area (Å²) in [5, 5.41) is 4.15. The van der Waals surface area contributed by atoms with Gasteiger partial charge in [0.1, 0.15) is 0 Å². The van der Waals surface area contributed by atoms with Gasteiger partial charge in [0.25, 0.3) is 0 Å². The van der Waals surface area contributed by atoms with Gasteiger partial charge in [0.2, 0.25) is 0 Å². The molecule has 1 aromatic rings. The zero-order chi connectivity index (χ0) is 10.5. The summed E-state index contributed by atoms with van der Waals surface area (Å²) in [5.41, 5.74) is 0. The standard InChI is InChI=1S/C10H15BrN2O2/c11-9-7-12-13(8-9)4-6-15-10-3-1-2-5-14-10/h7-8,10H,1-6H2/t10-/m0/s1. The molecule has 0 aliphatic carbocycles. The van der Waals surface area contributed by atoms with Crippen molar-refractivity contribution >= 4 is 15.9 Å². The Bertz CT molecular complexity index is 297. The quantitative estimate of drug-likeness (QED) is 0.845. The van der Waals surface area contributed by atoms with Crippen LogP contribution in [0.15, 0.2) is 16.9 Å². The highest BCUT2D eigenvalue weighted by molar-refractivity contribution is 9.10. The van der Waals surface area contributed by atoms with E-state index in [2.05, 4.69) is 21.0 Å². The molecule has 1 aromatic heterocycles. The Morgan fingerprint density at radius 1 is 1.60 bits per heavy atom. The first kappa shape index (κ1) is 11.1. The summed E-state index contributed by atoms with van der Waals surface area (Å²) in [4.78, 5) is 0. The van der Waals surface area contributed by atoms with E-state index in [9.17, 15) is 0 Å². The minimum atomic E-state index is -0.00208. The molecule has 5 heteroatoms. The van der Waals surface area contributed by atoms with Crippen LogP contribution < -0.4 is 0 Å². The minimum absolute atomic E-state index is 0.00208. The fourth-order valence-electron chi connectivity index (χ4n) is 1.58. The van der Waals surface area contributed by atoms with Gasteiger partial charge in [-0.2, -0.15) is 5.10 Å². The second-order valence-electron chi connectivity index (χ2n) is 3.59. The van der Waals surface area contributed by atoms with Gasteiger partial charge in [-0.1, -0.05) is 0 Å². The third kappa shape index (κ3) is 3.59. The van der Waals surface area contributed by atoms with Crippen molar-refractivity contribution in [2.24, 2.45) is 0 Å². The highest BCUT2D eigenvalue weighted by atomic mass is 79.9. The average molecular weight is 275 g/mol. The molecule has 0 spiro atoms. The van der Waals surface area contributed by atoms with Crippen molar-refractivity contribution in [3.05, 3.63) is 16.9 Å². The van der Waals surface area contributed by atoms with E-state index in [0.717, 1.165) is 30.5 Å². The topological polar surface area (TPSA) is 36.3 Å². The van der Waals surface area contributed by atoms with Crippen LogP contribution in [-0.4, -0.2) is 29.3 Å². The molecule has 2 heterocycles. The van der Waals surface area contributed by atoms with Gasteiger partial charge >= 0.3 is 0 Å². The second-order valence-corrected chi connectivity index (χ2v) is 4.50. The Hall–Kier alpha value is -0.390. The van der Waals surface area contributed by atoms with Gasteiger partial charge in [-0.25, -0.2) is 0 Å². The van der Waals surface area contributed by atoms with E-state index in [1.165, 1.54) is 6.42 Å². The van der Waals surface area contributed by atoms with E-state index in [4.69, 9.17) is 9.47 Å². The van der Waals surface area contributed by atoms with Gasteiger partial charge in [0, 0.05) is 12.8 Å². The van der Waals surface area contributed by atoms with E-state index in [1.54, 1.807) is 6.20 Å². The lowest BCUT2D eigenvalue weighted by Gasteiger charge is -2.22. The number of hydrogen-bond donors (Lipinski definition) is 0. The smallest absolute Gasteiger partial charge is 0.157 e. The molecule has 0 radical (unpaired) electrons. The lowest BCUT2D eigenvalue weighted by atomic mass is 10.2. The minimum Gasteiger partial charge on any atom is -0.353 e. The van der Waals surface area contributed by atoms with Crippen molar-refractivity contribution in [1.82, 2.24) is 9.78 Å². The zero-order valence-electron chi connectivity index (χ0n) is 8.56. The number of rotatable bonds is 4. The normalized spacial score (nSPS) is 21.8. The molecule has 1 aliphatic heterocycles. The van der Waals surface area contributed by atoms with Gasteiger partial charge in [0.05, 0.1) is 23.8 Å². The first-order valence-corrected chi connectivity index (χ1v) is 6.05. The van der Waals surface area contributed by atoms with Gasteiger partial charge in [-0.05, 0) is 35.2 Å². The molecular weight excluding hydrogens is 260 g/mol. The van der Waals surface area contributed by atoms with E-state index in [1.807, 2.05) is 10.9 Å². The number of hydrogen-bond acceptors (Lipinski definition) is 3. The van der Waals surface area contributed by atoms with Crippen LogP contribution in [-0.2, 0) is 16.0 Å². The van der Waals surface area contributed by atoms with Crippen LogP contribution >= 0.6 is 15.9 Å². The summed E-state index contributed by atoms with van der Waals surface area (Å²) < 4.78 is 13.9. The Morgan fingerprint density at radius 3 is 3.20 bits per heavy atom. The van der Waals surface area contributed by atoms with Crippen LogP contribution in [0.5, 0.6) is 0 Å². The summed E-state index contributed by atoms with van der Waals surface area (Å²) in [6.45, 7) is 2.25. The first-order chi connectivity index (χ1) is 7.34. The maximum absolute atomic E-state index is 5.60. The highest BCUT2D eigenvalue weighted by Crippen LogP contribution is 2.13. The lowest BCUT2D eigenvalue weighted by Crippen LogP contribution is -2.24. The Morgan fingerprint density at radius 2 is 2.53 bits per heavy atom. The molecule has 0 unspecified atom stereocenters. The SMILES string of the molecule is Brc1cnn(CCO[C@H]2CCCCO2)c1. The maximum atomic E-state index is 5.60. The van der Waals surface area contributed by atoms with Crippen LogP contribution in [0.2, 0.25) is 0 Å². The molecule has 0 saturated carbocycles. The number of ether oxygens (including phenoxy) is 2. The van der Waals surface area contributed by atoms with Gasteiger partial charge in [-0.15, -0.1) is 0 Å². The van der Waals surface area contributed by atoms with Gasteiger partial charge < -0.3 is 9.47 Å². The van der Waals surface area contributed by atoms with Crippen molar-refractivity contribution in [2.45, 2.75) is 32.1 Å². The zero-order valence-corrected chi connectivity index (χ0v) is 10.1. The molecule has 84 valence electrons. The van der Waals surface area contributed by atoms with Gasteiger partial charge in [0.15, 0.2) is 6.29 Å². The third-order valence-electron chi connectivity index (χ3n) is 2.36. The average Bonchev–Trinajstić information content (AvgIpc) is 2.66. The Balaban J connectivity index is 1.65. The van der Waals surface area contributed by atoms with Crippen molar-refractivity contribution < 1.29 is 9.47 Å². The van der Waals surface area contributed by atoms with E-state index in [0.29, 0.717) is 6.61 Å². The van der Waals surface area contributed by atoms with Gasteiger partial charge in [-0.3, -0.25) is 4.68 Å². The van der Waals surface area contributed by atoms with Crippen LogP contribution in [0.1, 0.15) is 19.3 Å². The van der Waals surface area contributed by atoms with Crippen LogP contribution in [0.25, 0.3) is 0 Å². The molecular formula is C10H15BrN2O2. The molecule has 1 atom stereocenters. The second kappa shape index (κ2) is 5.63. The summed E-state index contributed by atoms with van der Waals surface area (Å²) in [5.74, 6) is 0. The lowest BCUT2D eigenvalue weighted by molar-refractivity contribution is -0.163. The van der Waals surface area contributed by atoms with Crippen molar-refractivity contribution in [3.8, 4) is 0 Å². The van der Waals surface area contributed by atoms with Crippen LogP contribution in [0.4, 0.5) is 0 Å². The summed E-state index contributed by atoms with van der Waals surface area (Å²) in [6.07, 6.45) is 7.09. The highest BCUT2D eigenvalue weighted by Gasteiger charge is 2.13. The van der Waals surface area contributed by atoms with Crippen molar-refractivity contribution in [2.75, 3.05) is 13.2 Å². The first-order valence-electron chi connectivity index (χ1n) is 5.26. The van der Waals surface area contributed by atoms with E-state index >= 15 is 0 Å². The third-order valence-corrected chi connectivity index (χ3v) is 2.77. The Kier molecular flexibility index (Phi) is 4.17. The molecule has 0 amide bonds. The summed E-state index contributed by atoms with van der Waals surface area (Å²) in [6, 6.07) is 0. The molecule has 0 bridgehead atoms. The molecule has 15 heavy (non-hydrogen) atoms. The molecule has 0 aromatic carbocycles. The van der Waals surface area contributed by atoms with Crippen LogP contribution in [0, 0.1) is 0 Å². The maximum Gasteiger partial charge on any atom is 0.157 e. The molecule has 2 rings (SSSR count). The summed E-state index contributed by atoms with van der Waals surface area (Å²) >= 11 is 3.35. The molecule has 1 aliphatic rings. The monoisotopic (exact) mass is 274 g/mol. The fourth-order valence-corrected chi connectivity index (χ4v) is 1.91. The predicted molar refractivity (Wildman–Crippen MR) is 59.5 cm³/mol. The predicted octanol–water partition coefficient (Wildman–Crippen LogP) is 2.19. The molecule has 1 fully saturated rings. The number of nitrogens with zero attached hydrogens (tertiary/aromatic N) is 2. The number of aromatic nitrogens is 2. The summed E-state index contributed by atoms with van der Waals surface area (Å²) in [7, 11) is 0. The molecule has 4 nitrogen and oxygen atoms in total. The van der Waals surface area contributed by atoms with Crippen LogP contribution in [0.3, 0.4) is 0 Å². The fraction of sp³-hybridized carbons (Fsp3) is 0.700. The van der Waals surface area contributed by atoms with E-state index < -0.39 is 0 Å². The van der Waals surface area contributed by atoms with E-state index in [-0.39, 0.29) is 6.29 Å². The largest absolute Gasteiger partial charge is 0.353 e. The molecule has 0 N–H and O–H groups in total. The number of halogens is 1. The van der Waals surface area contributed by atoms with Crippen molar-refractivity contribution in [1.29, 1.82) is 0 Å². The Labute approximate surface area is 97.7 Å².